The summed E-state index contributed by atoms with van der Waals surface area (Å²) in [5, 5.41) is 3.02. The maximum Gasteiger partial charge on any atom is 0.250 e. The second kappa shape index (κ2) is 7.99. The maximum atomic E-state index is 12.2. The van der Waals surface area contributed by atoms with Crippen LogP contribution in [0, 0.1) is 0 Å². The fourth-order valence-electron chi connectivity index (χ4n) is 1.85. The van der Waals surface area contributed by atoms with Crippen LogP contribution in [0.4, 0.5) is 0 Å². The monoisotopic (exact) mass is 304 g/mol. The topological polar surface area (TPSA) is 58.2 Å². The van der Waals surface area contributed by atoms with Gasteiger partial charge in [0.25, 0.3) is 0 Å². The highest BCUT2D eigenvalue weighted by Gasteiger charge is 2.19. The molecule has 0 radical (unpaired) electrons. The molecule has 1 rings (SSSR count). The Labute approximate surface area is 120 Å². The summed E-state index contributed by atoms with van der Waals surface area (Å²) in [4.78, 5) is 1.03. The smallest absolute Gasteiger partial charge is 0.250 e. The van der Waals surface area contributed by atoms with E-state index in [2.05, 4.69) is 17.0 Å². The SMILES string of the molecule is CCCCCC(C)NS(=O)(=O)c1ccc(CNC)s1. The van der Waals surface area contributed by atoms with Gasteiger partial charge in [0.05, 0.1) is 0 Å². The van der Waals surface area contributed by atoms with E-state index in [0.29, 0.717) is 10.8 Å². The second-order valence-electron chi connectivity index (χ2n) is 4.77. The molecule has 0 aromatic carbocycles. The van der Waals surface area contributed by atoms with Gasteiger partial charge in [-0.1, -0.05) is 26.2 Å². The van der Waals surface area contributed by atoms with E-state index < -0.39 is 10.0 Å². The van der Waals surface area contributed by atoms with Crippen molar-refractivity contribution in [3.8, 4) is 0 Å². The van der Waals surface area contributed by atoms with Crippen LogP contribution >= 0.6 is 11.3 Å². The number of hydrogen-bond acceptors (Lipinski definition) is 4. The first-order valence-electron chi connectivity index (χ1n) is 6.75. The van der Waals surface area contributed by atoms with Gasteiger partial charge in [0.15, 0.2) is 0 Å². The van der Waals surface area contributed by atoms with Gasteiger partial charge in [-0.2, -0.15) is 0 Å². The van der Waals surface area contributed by atoms with Crippen LogP contribution in [0.5, 0.6) is 0 Å². The summed E-state index contributed by atoms with van der Waals surface area (Å²) in [7, 11) is -1.50. The lowest BCUT2D eigenvalue weighted by molar-refractivity contribution is 0.528. The largest absolute Gasteiger partial charge is 0.315 e. The molecule has 0 aliphatic heterocycles. The third-order valence-corrected chi connectivity index (χ3v) is 6.02. The molecule has 1 atom stereocenters. The molecule has 0 fully saturated rings. The van der Waals surface area contributed by atoms with Crippen LogP contribution in [0.2, 0.25) is 0 Å². The van der Waals surface area contributed by atoms with E-state index in [-0.39, 0.29) is 6.04 Å². The minimum absolute atomic E-state index is 0.00796. The Bertz CT molecular complexity index is 469. The Morgan fingerprint density at radius 1 is 1.32 bits per heavy atom. The molecule has 0 aliphatic rings. The van der Waals surface area contributed by atoms with Crippen molar-refractivity contribution in [1.82, 2.24) is 10.0 Å². The molecule has 0 saturated heterocycles. The van der Waals surface area contributed by atoms with E-state index in [1.807, 2.05) is 20.0 Å². The first kappa shape index (κ1) is 16.6. The number of thiophene rings is 1. The third kappa shape index (κ3) is 5.60. The van der Waals surface area contributed by atoms with Crippen molar-refractivity contribution < 1.29 is 8.42 Å². The van der Waals surface area contributed by atoms with Crippen molar-refractivity contribution in [2.75, 3.05) is 7.05 Å². The molecule has 0 amide bonds. The minimum atomic E-state index is -3.35. The lowest BCUT2D eigenvalue weighted by Gasteiger charge is -2.12. The van der Waals surface area contributed by atoms with E-state index in [0.717, 1.165) is 30.6 Å². The molecule has 0 saturated carbocycles. The average Bonchev–Trinajstić information content (AvgIpc) is 2.78. The van der Waals surface area contributed by atoms with Gasteiger partial charge in [-0.3, -0.25) is 0 Å². The Morgan fingerprint density at radius 2 is 2.05 bits per heavy atom. The van der Waals surface area contributed by atoms with Gasteiger partial charge >= 0.3 is 0 Å². The molecular weight excluding hydrogens is 280 g/mol. The summed E-state index contributed by atoms with van der Waals surface area (Å²) in [6.45, 7) is 4.77. The molecule has 1 unspecified atom stereocenters. The molecule has 19 heavy (non-hydrogen) atoms. The molecule has 0 bridgehead atoms. The van der Waals surface area contributed by atoms with Gasteiger partial charge in [0, 0.05) is 17.5 Å². The van der Waals surface area contributed by atoms with Gasteiger partial charge in [0.2, 0.25) is 10.0 Å². The van der Waals surface area contributed by atoms with Crippen LogP contribution in [0.3, 0.4) is 0 Å². The summed E-state index contributed by atoms with van der Waals surface area (Å²) in [6, 6.07) is 3.53. The van der Waals surface area contributed by atoms with Crippen LogP contribution in [0.1, 0.15) is 44.4 Å². The first-order chi connectivity index (χ1) is 8.99. The van der Waals surface area contributed by atoms with Crippen molar-refractivity contribution in [1.29, 1.82) is 0 Å². The molecule has 1 aromatic heterocycles. The van der Waals surface area contributed by atoms with E-state index in [4.69, 9.17) is 0 Å². The third-order valence-electron chi connectivity index (χ3n) is 2.85. The lowest BCUT2D eigenvalue weighted by Crippen LogP contribution is -2.32. The number of rotatable bonds is 9. The standard InChI is InChI=1S/C13H24N2O2S2/c1-4-5-6-7-11(2)15-19(16,17)13-9-8-12(18-13)10-14-3/h8-9,11,14-15H,4-7,10H2,1-3H3. The normalized spacial score (nSPS) is 13.6. The van der Waals surface area contributed by atoms with Gasteiger partial charge in [-0.05, 0) is 32.5 Å². The average molecular weight is 304 g/mol. The van der Waals surface area contributed by atoms with Gasteiger partial charge in [0.1, 0.15) is 4.21 Å². The minimum Gasteiger partial charge on any atom is -0.315 e. The highest BCUT2D eigenvalue weighted by Crippen LogP contribution is 2.22. The van der Waals surface area contributed by atoms with Crippen LogP contribution in [0.25, 0.3) is 0 Å². The summed E-state index contributed by atoms with van der Waals surface area (Å²) in [5.74, 6) is 0. The lowest BCUT2D eigenvalue weighted by atomic mass is 10.1. The fourth-order valence-corrected chi connectivity index (χ4v) is 4.52. The molecule has 0 spiro atoms. The van der Waals surface area contributed by atoms with Crippen molar-refractivity contribution >= 4 is 21.4 Å². The molecule has 4 nitrogen and oxygen atoms in total. The van der Waals surface area contributed by atoms with E-state index >= 15 is 0 Å². The summed E-state index contributed by atoms with van der Waals surface area (Å²) >= 11 is 1.32. The predicted octanol–water partition coefficient (Wildman–Crippen LogP) is 2.71. The van der Waals surface area contributed by atoms with Crippen LogP contribution in [0.15, 0.2) is 16.3 Å². The highest BCUT2D eigenvalue weighted by molar-refractivity contribution is 7.91. The number of hydrogen-bond donors (Lipinski definition) is 2. The number of nitrogens with one attached hydrogen (secondary N) is 2. The van der Waals surface area contributed by atoms with E-state index in [9.17, 15) is 8.42 Å². The molecule has 110 valence electrons. The van der Waals surface area contributed by atoms with Gasteiger partial charge < -0.3 is 5.32 Å². The van der Waals surface area contributed by atoms with E-state index in [1.165, 1.54) is 11.3 Å². The fraction of sp³-hybridized carbons (Fsp3) is 0.692. The van der Waals surface area contributed by atoms with Crippen molar-refractivity contribution in [3.63, 3.8) is 0 Å². The van der Waals surface area contributed by atoms with Gasteiger partial charge in [-0.15, -0.1) is 11.3 Å². The molecule has 6 heteroatoms. The van der Waals surface area contributed by atoms with Crippen molar-refractivity contribution in [3.05, 3.63) is 17.0 Å². The number of sulfonamides is 1. The first-order valence-corrected chi connectivity index (χ1v) is 9.05. The molecule has 1 heterocycles. The zero-order valence-corrected chi connectivity index (χ0v) is 13.5. The molecule has 1 aromatic rings. The maximum absolute atomic E-state index is 12.2. The summed E-state index contributed by atoms with van der Waals surface area (Å²) in [5.41, 5.74) is 0. The van der Waals surface area contributed by atoms with E-state index in [1.54, 1.807) is 6.07 Å². The Balaban J connectivity index is 2.58. The Hall–Kier alpha value is -0.430. The zero-order chi connectivity index (χ0) is 14.3. The second-order valence-corrected chi connectivity index (χ2v) is 7.88. The quantitative estimate of drug-likeness (QED) is 0.690. The van der Waals surface area contributed by atoms with Crippen LogP contribution in [-0.2, 0) is 16.6 Å². The molecule has 0 aliphatic carbocycles. The molecule has 2 N–H and O–H groups in total. The summed E-state index contributed by atoms with van der Waals surface area (Å²) < 4.78 is 27.5. The van der Waals surface area contributed by atoms with Gasteiger partial charge in [-0.25, -0.2) is 13.1 Å². The van der Waals surface area contributed by atoms with Crippen molar-refractivity contribution in [2.45, 2.75) is 56.3 Å². The van der Waals surface area contributed by atoms with Crippen LogP contribution < -0.4 is 10.0 Å². The number of unbranched alkanes of at least 4 members (excludes halogenated alkanes) is 2. The zero-order valence-electron chi connectivity index (χ0n) is 11.9. The van der Waals surface area contributed by atoms with Crippen LogP contribution in [-0.4, -0.2) is 21.5 Å². The summed E-state index contributed by atoms with van der Waals surface area (Å²) in [6.07, 6.45) is 4.26. The Kier molecular flexibility index (Phi) is 6.99. The Morgan fingerprint density at radius 3 is 2.68 bits per heavy atom. The highest BCUT2D eigenvalue weighted by atomic mass is 32.2. The molecular formula is C13H24N2O2S2. The van der Waals surface area contributed by atoms with Crippen molar-refractivity contribution in [2.24, 2.45) is 0 Å². The predicted molar refractivity (Wildman–Crippen MR) is 81.0 cm³/mol.